The molecule has 0 aromatic carbocycles. The minimum Gasteiger partial charge on any atom is -0.392 e. The van der Waals surface area contributed by atoms with Crippen LogP contribution in [0.2, 0.25) is 0 Å². The van der Waals surface area contributed by atoms with Gasteiger partial charge in [0.2, 0.25) is 0 Å². The Hall–Kier alpha value is -0.450. The Morgan fingerprint density at radius 1 is 1.36 bits per heavy atom. The van der Waals surface area contributed by atoms with E-state index in [1.54, 1.807) is 13.8 Å². The number of carbonyl (C=O) groups excluding carboxylic acids is 1. The number of ketones is 1. The average molecular weight is 202 g/mol. The average Bonchev–Trinajstić information content (AvgIpc) is 2.15. The molecule has 0 aliphatic heterocycles. The quantitative estimate of drug-likeness (QED) is 0.549. The number of hydrogen-bond donors (Lipinski definition) is 3. The Morgan fingerprint density at radius 3 is 2.36 bits per heavy atom. The van der Waals surface area contributed by atoms with Crippen LogP contribution < -0.4 is 11.5 Å². The molecule has 14 heavy (non-hydrogen) atoms. The van der Waals surface area contributed by atoms with Gasteiger partial charge in [0, 0.05) is 12.5 Å². The van der Waals surface area contributed by atoms with Gasteiger partial charge in [-0.2, -0.15) is 0 Å². The Bertz CT molecular complexity index is 172. The van der Waals surface area contributed by atoms with E-state index in [4.69, 9.17) is 11.5 Å². The van der Waals surface area contributed by atoms with E-state index < -0.39 is 6.10 Å². The number of aliphatic hydroxyl groups is 1. The molecule has 0 aliphatic rings. The molecule has 0 aliphatic carbocycles. The van der Waals surface area contributed by atoms with Crippen LogP contribution >= 0.6 is 0 Å². The molecule has 0 saturated heterocycles. The predicted molar refractivity (Wildman–Crippen MR) is 56.8 cm³/mol. The standard InChI is InChI=1S/C10H22N2O2/c1-3-9(13)8(12)5-4-6-10(14)7(2)11/h7-8,10,14H,3-6,11-12H2,1-2H3. The third-order valence-corrected chi connectivity index (χ3v) is 2.38. The minimum atomic E-state index is -0.487. The van der Waals surface area contributed by atoms with Crippen LogP contribution in [0.3, 0.4) is 0 Å². The van der Waals surface area contributed by atoms with Crippen LogP contribution in [0, 0.1) is 0 Å². The molecule has 3 unspecified atom stereocenters. The molecule has 0 saturated carbocycles. The smallest absolute Gasteiger partial charge is 0.149 e. The molecular weight excluding hydrogens is 180 g/mol. The molecule has 0 radical (unpaired) electrons. The first-order valence-electron chi connectivity index (χ1n) is 5.21. The van der Waals surface area contributed by atoms with Crippen molar-refractivity contribution in [2.45, 2.75) is 57.7 Å². The van der Waals surface area contributed by atoms with Gasteiger partial charge in [0.1, 0.15) is 5.78 Å². The highest BCUT2D eigenvalue weighted by atomic mass is 16.3. The summed E-state index contributed by atoms with van der Waals surface area (Å²) in [5, 5.41) is 9.38. The Morgan fingerprint density at radius 2 is 1.93 bits per heavy atom. The molecule has 0 amide bonds. The molecule has 84 valence electrons. The largest absolute Gasteiger partial charge is 0.392 e. The van der Waals surface area contributed by atoms with Crippen LogP contribution in [0.4, 0.5) is 0 Å². The van der Waals surface area contributed by atoms with Crippen molar-refractivity contribution in [2.75, 3.05) is 0 Å². The normalized spacial score (nSPS) is 17.5. The van der Waals surface area contributed by atoms with Crippen LogP contribution in [-0.2, 0) is 4.79 Å². The molecule has 5 N–H and O–H groups in total. The highest BCUT2D eigenvalue weighted by Gasteiger charge is 2.13. The summed E-state index contributed by atoms with van der Waals surface area (Å²) >= 11 is 0. The monoisotopic (exact) mass is 202 g/mol. The molecule has 4 heteroatoms. The zero-order chi connectivity index (χ0) is 11.1. The highest BCUT2D eigenvalue weighted by molar-refractivity contribution is 5.83. The van der Waals surface area contributed by atoms with E-state index in [9.17, 15) is 9.90 Å². The zero-order valence-corrected chi connectivity index (χ0v) is 9.07. The third-order valence-electron chi connectivity index (χ3n) is 2.38. The zero-order valence-electron chi connectivity index (χ0n) is 9.07. The summed E-state index contributed by atoms with van der Waals surface area (Å²) < 4.78 is 0. The fourth-order valence-electron chi connectivity index (χ4n) is 1.23. The third kappa shape index (κ3) is 5.32. The van der Waals surface area contributed by atoms with Crippen molar-refractivity contribution in [1.82, 2.24) is 0 Å². The molecular formula is C10H22N2O2. The fourth-order valence-corrected chi connectivity index (χ4v) is 1.23. The first kappa shape index (κ1) is 13.5. The Labute approximate surface area is 85.7 Å². The van der Waals surface area contributed by atoms with Crippen molar-refractivity contribution in [2.24, 2.45) is 11.5 Å². The summed E-state index contributed by atoms with van der Waals surface area (Å²) in [6, 6.07) is -0.589. The second kappa shape index (κ2) is 6.92. The van der Waals surface area contributed by atoms with Crippen molar-refractivity contribution in [1.29, 1.82) is 0 Å². The topological polar surface area (TPSA) is 89.3 Å². The van der Waals surface area contributed by atoms with Crippen LogP contribution in [0.25, 0.3) is 0 Å². The van der Waals surface area contributed by atoms with Gasteiger partial charge < -0.3 is 16.6 Å². The minimum absolute atomic E-state index is 0.0836. The highest BCUT2D eigenvalue weighted by Crippen LogP contribution is 2.06. The van der Waals surface area contributed by atoms with Gasteiger partial charge >= 0.3 is 0 Å². The van der Waals surface area contributed by atoms with Crippen molar-refractivity contribution in [3.05, 3.63) is 0 Å². The van der Waals surface area contributed by atoms with E-state index in [1.807, 2.05) is 0 Å². The summed E-state index contributed by atoms with van der Waals surface area (Å²) in [5.74, 6) is 0.0836. The molecule has 0 aromatic rings. The van der Waals surface area contributed by atoms with E-state index in [1.165, 1.54) is 0 Å². The summed E-state index contributed by atoms with van der Waals surface area (Å²) in [6.45, 7) is 3.57. The lowest BCUT2D eigenvalue weighted by Crippen LogP contribution is -2.33. The second-order valence-corrected chi connectivity index (χ2v) is 3.78. The van der Waals surface area contributed by atoms with E-state index in [2.05, 4.69) is 0 Å². The first-order valence-corrected chi connectivity index (χ1v) is 5.21. The van der Waals surface area contributed by atoms with Crippen LogP contribution in [0.1, 0.15) is 39.5 Å². The van der Waals surface area contributed by atoms with Crippen molar-refractivity contribution < 1.29 is 9.90 Å². The molecule has 3 atom stereocenters. The van der Waals surface area contributed by atoms with Crippen LogP contribution in [-0.4, -0.2) is 29.1 Å². The van der Waals surface area contributed by atoms with E-state index in [0.29, 0.717) is 19.3 Å². The lowest BCUT2D eigenvalue weighted by Gasteiger charge is -2.15. The van der Waals surface area contributed by atoms with E-state index in [-0.39, 0.29) is 17.9 Å². The van der Waals surface area contributed by atoms with E-state index in [0.717, 1.165) is 6.42 Å². The van der Waals surface area contributed by atoms with Gasteiger partial charge in [0.15, 0.2) is 0 Å². The van der Waals surface area contributed by atoms with Crippen molar-refractivity contribution in [3.63, 3.8) is 0 Å². The summed E-state index contributed by atoms with van der Waals surface area (Å²) in [5.41, 5.74) is 11.1. The van der Waals surface area contributed by atoms with Crippen molar-refractivity contribution >= 4 is 5.78 Å². The second-order valence-electron chi connectivity index (χ2n) is 3.78. The number of rotatable bonds is 7. The predicted octanol–water partition coefficient (Wildman–Crippen LogP) is 0.171. The molecule has 0 rings (SSSR count). The van der Waals surface area contributed by atoms with E-state index >= 15 is 0 Å². The van der Waals surface area contributed by atoms with Gasteiger partial charge in [-0.3, -0.25) is 4.79 Å². The molecule has 0 spiro atoms. The van der Waals surface area contributed by atoms with Gasteiger partial charge in [-0.15, -0.1) is 0 Å². The number of nitrogens with two attached hydrogens (primary N) is 2. The van der Waals surface area contributed by atoms with Gasteiger partial charge in [0.05, 0.1) is 12.1 Å². The maximum Gasteiger partial charge on any atom is 0.149 e. The van der Waals surface area contributed by atoms with Gasteiger partial charge in [-0.25, -0.2) is 0 Å². The SMILES string of the molecule is CCC(=O)C(N)CCCC(O)C(C)N. The molecule has 0 heterocycles. The number of aliphatic hydroxyl groups excluding tert-OH is 1. The van der Waals surface area contributed by atoms with Crippen LogP contribution in [0.5, 0.6) is 0 Å². The summed E-state index contributed by atoms with van der Waals surface area (Å²) in [7, 11) is 0. The maximum absolute atomic E-state index is 11.1. The first-order chi connectivity index (χ1) is 6.49. The van der Waals surface area contributed by atoms with Gasteiger partial charge in [0.25, 0.3) is 0 Å². The van der Waals surface area contributed by atoms with Gasteiger partial charge in [-0.05, 0) is 26.2 Å². The molecule has 0 aromatic heterocycles. The number of Topliss-reactive ketones (excluding diaryl/α,β-unsaturated/α-hetero) is 1. The number of carbonyl (C=O) groups is 1. The summed E-state index contributed by atoms with van der Waals surface area (Å²) in [6.07, 6.45) is 1.99. The fraction of sp³-hybridized carbons (Fsp3) is 0.900. The number of hydrogen-bond acceptors (Lipinski definition) is 4. The Kier molecular flexibility index (Phi) is 6.70. The lowest BCUT2D eigenvalue weighted by atomic mass is 10.0. The molecule has 4 nitrogen and oxygen atoms in total. The van der Waals surface area contributed by atoms with Gasteiger partial charge in [-0.1, -0.05) is 6.92 Å². The summed E-state index contributed by atoms with van der Waals surface area (Å²) in [4.78, 5) is 11.1. The van der Waals surface area contributed by atoms with Crippen LogP contribution in [0.15, 0.2) is 0 Å². The molecule has 0 fully saturated rings. The van der Waals surface area contributed by atoms with Crippen molar-refractivity contribution in [3.8, 4) is 0 Å². The molecule has 0 bridgehead atoms. The Balaban J connectivity index is 3.58. The lowest BCUT2D eigenvalue weighted by molar-refractivity contribution is -0.120. The maximum atomic E-state index is 11.1.